The minimum Gasteiger partial charge on any atom is -0.460 e. The molecule has 0 radical (unpaired) electrons. The first kappa shape index (κ1) is 10.3. The number of carbonyl (C=O) groups is 1. The number of esters is 1. The van der Waals surface area contributed by atoms with Crippen molar-refractivity contribution in [3.63, 3.8) is 0 Å². The summed E-state index contributed by atoms with van der Waals surface area (Å²) < 4.78 is 4.74. The van der Waals surface area contributed by atoms with E-state index in [1.54, 1.807) is 6.92 Å². The zero-order chi connectivity index (χ0) is 11.5. The van der Waals surface area contributed by atoms with E-state index in [1.165, 1.54) is 18.5 Å². The van der Waals surface area contributed by atoms with Crippen LogP contribution in [0.1, 0.15) is 17.5 Å². The molecule has 16 heavy (non-hydrogen) atoms. The molecule has 6 heteroatoms. The highest BCUT2D eigenvalue weighted by molar-refractivity contribution is 5.88. The predicted molar refractivity (Wildman–Crippen MR) is 56.1 cm³/mol. The minimum absolute atomic E-state index is 0.104. The van der Waals surface area contributed by atoms with Crippen LogP contribution in [-0.4, -0.2) is 27.5 Å². The number of H-pyrrole nitrogens is 1. The van der Waals surface area contributed by atoms with Gasteiger partial charge in [-0.3, -0.25) is 9.78 Å². The zero-order valence-electron chi connectivity index (χ0n) is 8.56. The van der Waals surface area contributed by atoms with Gasteiger partial charge in [-0.1, -0.05) is 0 Å². The lowest BCUT2D eigenvalue weighted by molar-refractivity contribution is 0.0512. The molecule has 0 saturated carbocycles. The normalized spacial score (nSPS) is 10.3. The van der Waals surface area contributed by atoms with Crippen LogP contribution < -0.4 is 5.56 Å². The number of rotatable bonds is 2. The number of carbonyl (C=O) groups excluding carboxylic acids is 1. The molecule has 0 spiro atoms. The summed E-state index contributed by atoms with van der Waals surface area (Å²) in [4.78, 5) is 33.1. The van der Waals surface area contributed by atoms with Crippen LogP contribution in [0, 0.1) is 0 Å². The number of hydrogen-bond donors (Lipinski definition) is 1. The van der Waals surface area contributed by atoms with E-state index in [0.29, 0.717) is 10.9 Å². The first-order valence-electron chi connectivity index (χ1n) is 4.73. The van der Waals surface area contributed by atoms with Gasteiger partial charge in [0.05, 0.1) is 23.7 Å². The Labute approximate surface area is 90.3 Å². The fourth-order valence-corrected chi connectivity index (χ4v) is 1.29. The number of hydrogen-bond acceptors (Lipinski definition) is 5. The van der Waals surface area contributed by atoms with Crippen LogP contribution >= 0.6 is 0 Å². The van der Waals surface area contributed by atoms with Gasteiger partial charge in [0.1, 0.15) is 0 Å². The summed E-state index contributed by atoms with van der Waals surface area (Å²) in [6.45, 7) is 1.91. The monoisotopic (exact) mass is 219 g/mol. The van der Waals surface area contributed by atoms with E-state index in [1.807, 2.05) is 0 Å². The molecular formula is C10H9N3O3. The van der Waals surface area contributed by atoms with Crippen molar-refractivity contribution in [3.8, 4) is 0 Å². The van der Waals surface area contributed by atoms with Gasteiger partial charge in [-0.15, -0.1) is 0 Å². The fraction of sp³-hybridized carbons (Fsp3) is 0.200. The maximum absolute atomic E-state index is 11.6. The van der Waals surface area contributed by atoms with E-state index in [9.17, 15) is 9.59 Å². The predicted octanol–water partition coefficient (Wildman–Crippen LogP) is 0.495. The van der Waals surface area contributed by atoms with E-state index in [4.69, 9.17) is 4.74 Å². The van der Waals surface area contributed by atoms with Crippen molar-refractivity contribution in [3.05, 3.63) is 34.6 Å². The molecule has 2 aromatic heterocycles. The molecule has 2 aromatic rings. The Morgan fingerprint density at radius 3 is 3.12 bits per heavy atom. The number of ether oxygens (including phenoxy) is 1. The van der Waals surface area contributed by atoms with Crippen molar-refractivity contribution < 1.29 is 9.53 Å². The van der Waals surface area contributed by atoms with E-state index in [0.717, 1.165) is 0 Å². The van der Waals surface area contributed by atoms with Gasteiger partial charge in [0.2, 0.25) is 5.82 Å². The standard InChI is InChI=1S/C10H9N3O3/c1-2-16-10(15)8-12-7-5-11-4-3-6(7)9(14)13-8/h3-5H,2H2,1H3,(H,12,13,14). The minimum atomic E-state index is -0.648. The largest absolute Gasteiger partial charge is 0.460 e. The van der Waals surface area contributed by atoms with Crippen molar-refractivity contribution in [2.75, 3.05) is 6.61 Å². The summed E-state index contributed by atoms with van der Waals surface area (Å²) in [5.74, 6) is -0.752. The van der Waals surface area contributed by atoms with Gasteiger partial charge in [0.25, 0.3) is 5.56 Å². The SMILES string of the molecule is CCOC(=O)c1nc2cnccc2c(=O)[nH]1. The molecule has 2 rings (SSSR count). The summed E-state index contributed by atoms with van der Waals surface area (Å²) in [6.07, 6.45) is 2.91. The number of aromatic nitrogens is 3. The first-order chi connectivity index (χ1) is 7.72. The second-order valence-electron chi connectivity index (χ2n) is 3.03. The van der Waals surface area contributed by atoms with Crippen LogP contribution in [-0.2, 0) is 4.74 Å². The molecule has 0 aliphatic rings. The molecule has 0 saturated heterocycles. The van der Waals surface area contributed by atoms with Crippen molar-refractivity contribution in [2.45, 2.75) is 6.92 Å². The van der Waals surface area contributed by atoms with Crippen molar-refractivity contribution >= 4 is 16.9 Å². The number of pyridine rings is 1. The van der Waals surface area contributed by atoms with Gasteiger partial charge < -0.3 is 9.72 Å². The Kier molecular flexibility index (Phi) is 2.63. The summed E-state index contributed by atoms with van der Waals surface area (Å²) in [5, 5.41) is 0.392. The van der Waals surface area contributed by atoms with Gasteiger partial charge in [-0.2, -0.15) is 0 Å². The summed E-state index contributed by atoms with van der Waals surface area (Å²) >= 11 is 0. The van der Waals surface area contributed by atoms with E-state index >= 15 is 0 Å². The Morgan fingerprint density at radius 1 is 1.56 bits per heavy atom. The van der Waals surface area contributed by atoms with Gasteiger partial charge in [0, 0.05) is 6.20 Å². The molecule has 0 bridgehead atoms. The molecule has 0 atom stereocenters. The Hall–Kier alpha value is -2.24. The average Bonchev–Trinajstić information content (AvgIpc) is 2.29. The lowest BCUT2D eigenvalue weighted by Crippen LogP contribution is -2.17. The number of nitrogens with zero attached hydrogens (tertiary/aromatic N) is 2. The van der Waals surface area contributed by atoms with Gasteiger partial charge >= 0.3 is 5.97 Å². The summed E-state index contributed by atoms with van der Waals surface area (Å²) in [6, 6.07) is 1.54. The fourth-order valence-electron chi connectivity index (χ4n) is 1.29. The Morgan fingerprint density at radius 2 is 2.38 bits per heavy atom. The Balaban J connectivity index is 2.58. The second-order valence-corrected chi connectivity index (χ2v) is 3.03. The summed E-state index contributed by atoms with van der Waals surface area (Å²) in [7, 11) is 0. The van der Waals surface area contributed by atoms with Crippen LogP contribution in [0.25, 0.3) is 10.9 Å². The molecule has 6 nitrogen and oxygen atoms in total. The maximum Gasteiger partial charge on any atom is 0.374 e. The average molecular weight is 219 g/mol. The lowest BCUT2D eigenvalue weighted by atomic mass is 10.3. The highest BCUT2D eigenvalue weighted by Crippen LogP contribution is 2.04. The third kappa shape index (κ3) is 1.77. The van der Waals surface area contributed by atoms with Crippen molar-refractivity contribution in [1.29, 1.82) is 0 Å². The molecule has 0 aliphatic carbocycles. The highest BCUT2D eigenvalue weighted by atomic mass is 16.5. The zero-order valence-corrected chi connectivity index (χ0v) is 8.56. The van der Waals surface area contributed by atoms with Crippen LogP contribution in [0.4, 0.5) is 0 Å². The molecule has 0 unspecified atom stereocenters. The van der Waals surface area contributed by atoms with Gasteiger partial charge in [0.15, 0.2) is 0 Å². The quantitative estimate of drug-likeness (QED) is 0.743. The first-order valence-corrected chi connectivity index (χ1v) is 4.73. The van der Waals surface area contributed by atoms with E-state index in [-0.39, 0.29) is 18.0 Å². The third-order valence-corrected chi connectivity index (χ3v) is 1.98. The van der Waals surface area contributed by atoms with Gasteiger partial charge in [-0.05, 0) is 13.0 Å². The summed E-state index contributed by atoms with van der Waals surface area (Å²) in [5.41, 5.74) is -0.00949. The number of nitrogens with one attached hydrogen (secondary N) is 1. The van der Waals surface area contributed by atoms with Crippen LogP contribution in [0.3, 0.4) is 0 Å². The van der Waals surface area contributed by atoms with Crippen molar-refractivity contribution in [2.24, 2.45) is 0 Å². The second kappa shape index (κ2) is 4.09. The molecule has 82 valence electrons. The number of fused-ring (bicyclic) bond motifs is 1. The smallest absolute Gasteiger partial charge is 0.374 e. The van der Waals surface area contributed by atoms with Crippen LogP contribution in [0.15, 0.2) is 23.3 Å². The molecule has 0 fully saturated rings. The Bertz CT molecular complexity index is 591. The highest BCUT2D eigenvalue weighted by Gasteiger charge is 2.11. The molecule has 0 amide bonds. The van der Waals surface area contributed by atoms with Crippen LogP contribution in [0.5, 0.6) is 0 Å². The number of aromatic amines is 1. The topological polar surface area (TPSA) is 84.9 Å². The molecule has 0 aromatic carbocycles. The molecule has 1 N–H and O–H groups in total. The molecule has 0 aliphatic heterocycles. The van der Waals surface area contributed by atoms with Crippen LogP contribution in [0.2, 0.25) is 0 Å². The van der Waals surface area contributed by atoms with Gasteiger partial charge in [-0.25, -0.2) is 9.78 Å². The maximum atomic E-state index is 11.6. The molecular weight excluding hydrogens is 210 g/mol. The molecule has 2 heterocycles. The van der Waals surface area contributed by atoms with E-state index in [2.05, 4.69) is 15.0 Å². The lowest BCUT2D eigenvalue weighted by Gasteiger charge is -2.01. The van der Waals surface area contributed by atoms with Crippen molar-refractivity contribution in [1.82, 2.24) is 15.0 Å². The third-order valence-electron chi connectivity index (χ3n) is 1.98. The van der Waals surface area contributed by atoms with E-state index < -0.39 is 5.97 Å².